The molecule has 146 valence electrons. The summed E-state index contributed by atoms with van der Waals surface area (Å²) < 4.78 is 5.37. The van der Waals surface area contributed by atoms with Crippen LogP contribution in [0.15, 0.2) is 54.6 Å². The molecule has 0 unspecified atom stereocenters. The molecule has 0 radical (unpaired) electrons. The number of carboxylic acid groups (broad SMARTS) is 1. The van der Waals surface area contributed by atoms with Gasteiger partial charge in [0.2, 0.25) is 5.91 Å². The van der Waals surface area contributed by atoms with Crippen molar-refractivity contribution in [1.29, 1.82) is 0 Å². The Kier molecular flexibility index (Phi) is 4.84. The van der Waals surface area contributed by atoms with Gasteiger partial charge in [0.05, 0.1) is 18.9 Å². The van der Waals surface area contributed by atoms with Crippen LogP contribution in [-0.4, -0.2) is 41.1 Å². The third-order valence-electron chi connectivity index (χ3n) is 6.35. The second-order valence-electron chi connectivity index (χ2n) is 7.86. The molecular formula is C23H25NO4. The SMILES string of the molecule is COc1ccccc1CC(=O)N1[C@H]2CC[C@@H]1[C@](Cc1ccccc1)(C(=O)O)C2. The van der Waals surface area contributed by atoms with E-state index in [4.69, 9.17) is 4.74 Å². The summed E-state index contributed by atoms with van der Waals surface area (Å²) in [4.78, 5) is 27.4. The minimum atomic E-state index is -0.902. The van der Waals surface area contributed by atoms with Crippen molar-refractivity contribution >= 4 is 11.9 Å². The summed E-state index contributed by atoms with van der Waals surface area (Å²) >= 11 is 0. The number of carboxylic acids is 1. The highest BCUT2D eigenvalue weighted by molar-refractivity contribution is 5.84. The van der Waals surface area contributed by atoms with E-state index in [1.807, 2.05) is 59.5 Å². The Hall–Kier alpha value is -2.82. The first-order chi connectivity index (χ1) is 13.5. The molecule has 0 aliphatic carbocycles. The van der Waals surface area contributed by atoms with E-state index in [1.165, 1.54) is 0 Å². The van der Waals surface area contributed by atoms with E-state index in [0.29, 0.717) is 18.6 Å². The normalized spacial score (nSPS) is 25.7. The summed E-state index contributed by atoms with van der Waals surface area (Å²) in [5.41, 5.74) is 0.945. The number of nitrogens with zero attached hydrogens (tertiary/aromatic N) is 1. The molecule has 0 spiro atoms. The Morgan fingerprint density at radius 3 is 2.54 bits per heavy atom. The Morgan fingerprint density at radius 2 is 1.82 bits per heavy atom. The first kappa shape index (κ1) is 18.5. The van der Waals surface area contributed by atoms with E-state index in [9.17, 15) is 14.7 Å². The van der Waals surface area contributed by atoms with Gasteiger partial charge in [-0.15, -0.1) is 0 Å². The Morgan fingerprint density at radius 1 is 1.11 bits per heavy atom. The van der Waals surface area contributed by atoms with Crippen LogP contribution in [0.4, 0.5) is 0 Å². The topological polar surface area (TPSA) is 66.8 Å². The maximum atomic E-state index is 13.2. The molecule has 0 saturated carbocycles. The number of hydrogen-bond acceptors (Lipinski definition) is 3. The number of benzene rings is 2. The van der Waals surface area contributed by atoms with Gasteiger partial charge in [-0.25, -0.2) is 0 Å². The summed E-state index contributed by atoms with van der Waals surface area (Å²) in [5.74, 6) is -0.108. The highest BCUT2D eigenvalue weighted by atomic mass is 16.5. The van der Waals surface area contributed by atoms with Crippen LogP contribution >= 0.6 is 0 Å². The second-order valence-corrected chi connectivity index (χ2v) is 7.86. The number of amides is 1. The fourth-order valence-electron chi connectivity index (χ4n) is 5.12. The van der Waals surface area contributed by atoms with Gasteiger partial charge in [-0.2, -0.15) is 0 Å². The number of ether oxygens (including phenoxy) is 1. The smallest absolute Gasteiger partial charge is 0.312 e. The zero-order valence-electron chi connectivity index (χ0n) is 16.0. The quantitative estimate of drug-likeness (QED) is 0.836. The largest absolute Gasteiger partial charge is 0.496 e. The van der Waals surface area contributed by atoms with Crippen LogP contribution in [0.3, 0.4) is 0 Å². The van der Waals surface area contributed by atoms with Gasteiger partial charge in [-0.05, 0) is 37.3 Å². The zero-order chi connectivity index (χ0) is 19.7. The molecule has 2 saturated heterocycles. The Bertz CT molecular complexity index is 881. The van der Waals surface area contributed by atoms with Crippen molar-refractivity contribution in [3.63, 3.8) is 0 Å². The van der Waals surface area contributed by atoms with Crippen LogP contribution in [-0.2, 0) is 22.4 Å². The van der Waals surface area contributed by atoms with Crippen LogP contribution in [0, 0.1) is 5.41 Å². The predicted molar refractivity (Wildman–Crippen MR) is 105 cm³/mol. The van der Waals surface area contributed by atoms with Crippen molar-refractivity contribution in [2.24, 2.45) is 5.41 Å². The van der Waals surface area contributed by atoms with Crippen LogP contribution < -0.4 is 4.74 Å². The highest BCUT2D eigenvalue weighted by Crippen LogP contribution is 2.52. The van der Waals surface area contributed by atoms with E-state index in [1.54, 1.807) is 7.11 Å². The van der Waals surface area contributed by atoms with E-state index in [0.717, 1.165) is 24.0 Å². The zero-order valence-corrected chi connectivity index (χ0v) is 16.0. The summed E-state index contributed by atoms with van der Waals surface area (Å²) in [6, 6.07) is 17.0. The summed E-state index contributed by atoms with van der Waals surface area (Å²) in [7, 11) is 1.60. The molecule has 2 aromatic rings. The van der Waals surface area contributed by atoms with Crippen LogP contribution in [0.25, 0.3) is 0 Å². The molecule has 3 atom stereocenters. The standard InChI is InChI=1S/C23H25NO4/c1-28-19-10-6-5-9-17(19)13-21(25)24-18-11-12-20(24)23(15-18,22(26)27)14-16-7-3-2-4-8-16/h2-10,18,20H,11-15H2,1H3,(H,26,27)/t18-,20+,23+/m0/s1. The molecule has 5 heteroatoms. The summed E-state index contributed by atoms with van der Waals surface area (Å²) in [6.45, 7) is 0. The van der Waals surface area contributed by atoms with E-state index in [-0.39, 0.29) is 24.4 Å². The first-order valence-electron chi connectivity index (χ1n) is 9.75. The van der Waals surface area contributed by atoms with Crippen molar-refractivity contribution in [3.8, 4) is 5.75 Å². The number of fused-ring (bicyclic) bond motifs is 2. The van der Waals surface area contributed by atoms with E-state index >= 15 is 0 Å². The number of para-hydroxylation sites is 1. The molecule has 0 aromatic heterocycles. The maximum Gasteiger partial charge on any atom is 0.312 e. The monoisotopic (exact) mass is 379 g/mol. The van der Waals surface area contributed by atoms with Gasteiger partial charge in [0, 0.05) is 17.6 Å². The van der Waals surface area contributed by atoms with Crippen molar-refractivity contribution in [3.05, 3.63) is 65.7 Å². The van der Waals surface area contributed by atoms with E-state index < -0.39 is 11.4 Å². The fourth-order valence-corrected chi connectivity index (χ4v) is 5.12. The fraction of sp³-hybridized carbons (Fsp3) is 0.391. The van der Waals surface area contributed by atoms with Gasteiger partial charge in [0.15, 0.2) is 0 Å². The number of hydrogen-bond donors (Lipinski definition) is 1. The van der Waals surface area contributed by atoms with Crippen molar-refractivity contribution in [1.82, 2.24) is 4.90 Å². The lowest BCUT2D eigenvalue weighted by molar-refractivity contribution is -0.151. The molecule has 28 heavy (non-hydrogen) atoms. The number of carbonyl (C=O) groups is 2. The van der Waals surface area contributed by atoms with Crippen molar-refractivity contribution in [2.45, 2.75) is 44.2 Å². The van der Waals surface area contributed by atoms with Gasteiger partial charge in [-0.3, -0.25) is 9.59 Å². The van der Waals surface area contributed by atoms with Gasteiger partial charge in [0.1, 0.15) is 5.75 Å². The van der Waals surface area contributed by atoms with Gasteiger partial charge >= 0.3 is 5.97 Å². The molecular weight excluding hydrogens is 354 g/mol. The van der Waals surface area contributed by atoms with Crippen LogP contribution in [0.5, 0.6) is 5.75 Å². The van der Waals surface area contributed by atoms with Crippen LogP contribution in [0.2, 0.25) is 0 Å². The Balaban J connectivity index is 1.59. The highest BCUT2D eigenvalue weighted by Gasteiger charge is 2.61. The Labute approximate surface area is 164 Å². The summed E-state index contributed by atoms with van der Waals surface area (Å²) in [6.07, 6.45) is 2.86. The lowest BCUT2D eigenvalue weighted by Gasteiger charge is -2.33. The average Bonchev–Trinajstić information content (AvgIpc) is 3.26. The van der Waals surface area contributed by atoms with E-state index in [2.05, 4.69) is 0 Å². The molecule has 2 aliphatic heterocycles. The predicted octanol–water partition coefficient (Wildman–Crippen LogP) is 3.31. The van der Waals surface area contributed by atoms with Crippen molar-refractivity contribution in [2.75, 3.05) is 7.11 Å². The molecule has 4 rings (SSSR count). The summed E-state index contributed by atoms with van der Waals surface area (Å²) in [5, 5.41) is 10.2. The molecule has 2 fully saturated rings. The molecule has 2 heterocycles. The van der Waals surface area contributed by atoms with Crippen molar-refractivity contribution < 1.29 is 19.4 Å². The van der Waals surface area contributed by atoms with Crippen LogP contribution in [0.1, 0.15) is 30.4 Å². The minimum Gasteiger partial charge on any atom is -0.496 e. The molecule has 2 bridgehead atoms. The third kappa shape index (κ3) is 3.05. The number of methoxy groups -OCH3 is 1. The number of rotatable bonds is 6. The molecule has 2 aromatic carbocycles. The second kappa shape index (κ2) is 7.30. The molecule has 1 N–H and O–H groups in total. The van der Waals surface area contributed by atoms with Gasteiger partial charge < -0.3 is 14.7 Å². The lowest BCUT2D eigenvalue weighted by atomic mass is 9.70. The maximum absolute atomic E-state index is 13.2. The first-order valence-corrected chi connectivity index (χ1v) is 9.75. The average molecular weight is 379 g/mol. The van der Waals surface area contributed by atoms with Gasteiger partial charge in [-0.1, -0.05) is 48.5 Å². The lowest BCUT2D eigenvalue weighted by Crippen LogP contribution is -2.46. The number of aliphatic carboxylic acids is 1. The van der Waals surface area contributed by atoms with Gasteiger partial charge in [0.25, 0.3) is 0 Å². The molecule has 5 nitrogen and oxygen atoms in total. The minimum absolute atomic E-state index is 0.00631. The third-order valence-corrected chi connectivity index (χ3v) is 6.35. The molecule has 2 aliphatic rings. The molecule has 1 amide bonds. The number of carbonyl (C=O) groups excluding carboxylic acids is 1.